The van der Waals surface area contributed by atoms with Gasteiger partial charge in [-0.15, -0.1) is 0 Å². The number of ether oxygens (including phenoxy) is 1. The lowest BCUT2D eigenvalue weighted by Gasteiger charge is -2.14. The van der Waals surface area contributed by atoms with Crippen LogP contribution in [0.4, 0.5) is 11.4 Å². The molecule has 1 amide bonds. The monoisotopic (exact) mass is 352 g/mol. The van der Waals surface area contributed by atoms with Gasteiger partial charge in [0.25, 0.3) is 5.91 Å². The molecule has 0 heterocycles. The zero-order valence-electron chi connectivity index (χ0n) is 12.2. The Morgan fingerprint density at radius 2 is 1.78 bits per heavy atom. The van der Waals surface area contributed by atoms with Gasteiger partial charge in [0.15, 0.2) is 6.10 Å². The zero-order chi connectivity index (χ0) is 17.0. The topological polar surface area (TPSA) is 81.4 Å². The minimum atomic E-state index is -1.00. The van der Waals surface area contributed by atoms with Crippen molar-refractivity contribution in [3.63, 3.8) is 0 Å². The van der Waals surface area contributed by atoms with Gasteiger partial charge >= 0.3 is 5.97 Å². The fourth-order valence-corrected chi connectivity index (χ4v) is 2.08. The number of nitrogens with two attached hydrogens (primary N) is 1. The van der Waals surface area contributed by atoms with E-state index in [2.05, 4.69) is 5.32 Å². The van der Waals surface area contributed by atoms with Crippen molar-refractivity contribution in [2.45, 2.75) is 13.0 Å². The maximum atomic E-state index is 12.1. The number of carbonyl (C=O) groups excluding carboxylic acids is 2. The van der Waals surface area contributed by atoms with Crippen molar-refractivity contribution in [2.24, 2.45) is 0 Å². The van der Waals surface area contributed by atoms with Gasteiger partial charge in [-0.05, 0) is 43.3 Å². The van der Waals surface area contributed by atoms with Crippen LogP contribution in [0.2, 0.25) is 10.0 Å². The third kappa shape index (κ3) is 4.37. The second kappa shape index (κ2) is 7.35. The first-order chi connectivity index (χ1) is 10.9. The number of esters is 1. The average molecular weight is 353 g/mol. The predicted octanol–water partition coefficient (Wildman–Crippen LogP) is 3.76. The highest BCUT2D eigenvalue weighted by Gasteiger charge is 2.20. The molecule has 7 heteroatoms. The molecule has 0 spiro atoms. The standard InChI is InChI=1S/C16H14Cl2N2O3/c1-9(23-16(22)10-5-7-11(19)8-6-10)15(21)20-13-4-2-3-12(17)14(13)18/h2-9H,19H2,1H3,(H,20,21). The van der Waals surface area contributed by atoms with Gasteiger partial charge in [0.05, 0.1) is 21.3 Å². The number of nitrogens with one attached hydrogen (secondary N) is 1. The van der Waals surface area contributed by atoms with Crippen LogP contribution in [0.5, 0.6) is 0 Å². The Kier molecular flexibility index (Phi) is 5.47. The second-order valence-electron chi connectivity index (χ2n) is 4.76. The quantitative estimate of drug-likeness (QED) is 0.648. The van der Waals surface area contributed by atoms with Gasteiger partial charge in [0, 0.05) is 5.69 Å². The molecule has 2 rings (SSSR count). The molecule has 0 aromatic heterocycles. The molecular formula is C16H14Cl2N2O3. The smallest absolute Gasteiger partial charge is 0.338 e. The molecule has 3 N–H and O–H groups in total. The number of carbonyl (C=O) groups is 2. The molecule has 1 atom stereocenters. The van der Waals surface area contributed by atoms with E-state index in [4.69, 9.17) is 33.7 Å². The van der Waals surface area contributed by atoms with Crippen molar-refractivity contribution >= 4 is 46.5 Å². The highest BCUT2D eigenvalue weighted by atomic mass is 35.5. The third-order valence-electron chi connectivity index (χ3n) is 3.01. The highest BCUT2D eigenvalue weighted by molar-refractivity contribution is 6.44. The molecule has 0 saturated heterocycles. The van der Waals surface area contributed by atoms with E-state index in [1.165, 1.54) is 19.1 Å². The third-order valence-corrected chi connectivity index (χ3v) is 3.83. The maximum absolute atomic E-state index is 12.1. The number of hydrogen-bond donors (Lipinski definition) is 2. The maximum Gasteiger partial charge on any atom is 0.338 e. The van der Waals surface area contributed by atoms with Gasteiger partial charge in [-0.1, -0.05) is 29.3 Å². The summed E-state index contributed by atoms with van der Waals surface area (Å²) in [6, 6.07) is 11.0. The fraction of sp³-hybridized carbons (Fsp3) is 0.125. The van der Waals surface area contributed by atoms with E-state index in [1.807, 2.05) is 0 Å². The summed E-state index contributed by atoms with van der Waals surface area (Å²) >= 11 is 11.9. The highest BCUT2D eigenvalue weighted by Crippen LogP contribution is 2.29. The summed E-state index contributed by atoms with van der Waals surface area (Å²) in [6.07, 6.45) is -1.00. The number of nitrogen functional groups attached to an aromatic ring is 1. The van der Waals surface area contributed by atoms with E-state index in [-0.39, 0.29) is 5.02 Å². The van der Waals surface area contributed by atoms with Crippen LogP contribution < -0.4 is 11.1 Å². The molecule has 0 aliphatic carbocycles. The Balaban J connectivity index is 2.01. The molecule has 5 nitrogen and oxygen atoms in total. The number of halogens is 2. The first-order valence-electron chi connectivity index (χ1n) is 6.70. The minimum Gasteiger partial charge on any atom is -0.449 e. The fourth-order valence-electron chi connectivity index (χ4n) is 1.74. The van der Waals surface area contributed by atoms with Gasteiger partial charge in [0.2, 0.25) is 0 Å². The van der Waals surface area contributed by atoms with Crippen molar-refractivity contribution in [3.05, 3.63) is 58.1 Å². The van der Waals surface area contributed by atoms with Gasteiger partial charge in [-0.2, -0.15) is 0 Å². The molecule has 23 heavy (non-hydrogen) atoms. The van der Waals surface area contributed by atoms with E-state index in [1.54, 1.807) is 30.3 Å². The molecular weight excluding hydrogens is 339 g/mol. The molecule has 0 radical (unpaired) electrons. The van der Waals surface area contributed by atoms with Crippen LogP contribution in [0.25, 0.3) is 0 Å². The van der Waals surface area contributed by atoms with Crippen LogP contribution in [-0.2, 0) is 9.53 Å². The average Bonchev–Trinajstić information content (AvgIpc) is 2.52. The first kappa shape index (κ1) is 17.1. The van der Waals surface area contributed by atoms with E-state index in [0.717, 1.165) is 0 Å². The number of anilines is 2. The van der Waals surface area contributed by atoms with Crippen molar-refractivity contribution in [1.29, 1.82) is 0 Å². The number of amides is 1. The summed E-state index contributed by atoms with van der Waals surface area (Å²) in [5.41, 5.74) is 6.73. The van der Waals surface area contributed by atoms with Crippen LogP contribution in [0.1, 0.15) is 17.3 Å². The van der Waals surface area contributed by atoms with Gasteiger partial charge in [-0.3, -0.25) is 4.79 Å². The summed E-state index contributed by atoms with van der Waals surface area (Å²) < 4.78 is 5.11. The lowest BCUT2D eigenvalue weighted by Crippen LogP contribution is -2.30. The molecule has 0 aliphatic heterocycles. The van der Waals surface area contributed by atoms with Crippen LogP contribution >= 0.6 is 23.2 Å². The Labute approximate surface area is 143 Å². The SMILES string of the molecule is CC(OC(=O)c1ccc(N)cc1)C(=O)Nc1cccc(Cl)c1Cl. The number of benzene rings is 2. The largest absolute Gasteiger partial charge is 0.449 e. The minimum absolute atomic E-state index is 0.222. The lowest BCUT2D eigenvalue weighted by atomic mass is 10.2. The van der Waals surface area contributed by atoms with Crippen LogP contribution in [0.15, 0.2) is 42.5 Å². The van der Waals surface area contributed by atoms with E-state index < -0.39 is 18.0 Å². The predicted molar refractivity (Wildman–Crippen MR) is 90.8 cm³/mol. The lowest BCUT2D eigenvalue weighted by molar-refractivity contribution is -0.123. The molecule has 0 bridgehead atoms. The Morgan fingerprint density at radius 1 is 1.13 bits per heavy atom. The molecule has 120 valence electrons. The van der Waals surface area contributed by atoms with E-state index >= 15 is 0 Å². The summed E-state index contributed by atoms with van der Waals surface area (Å²) in [7, 11) is 0. The van der Waals surface area contributed by atoms with Gasteiger partial charge in [0.1, 0.15) is 0 Å². The normalized spacial score (nSPS) is 11.6. The molecule has 0 saturated carbocycles. The van der Waals surface area contributed by atoms with Crippen molar-refractivity contribution < 1.29 is 14.3 Å². The second-order valence-corrected chi connectivity index (χ2v) is 5.55. The van der Waals surface area contributed by atoms with Crippen LogP contribution in [0.3, 0.4) is 0 Å². The summed E-state index contributed by atoms with van der Waals surface area (Å²) in [5.74, 6) is -1.14. The number of hydrogen-bond acceptors (Lipinski definition) is 4. The summed E-state index contributed by atoms with van der Waals surface area (Å²) in [5, 5.41) is 3.10. The van der Waals surface area contributed by atoms with Gasteiger partial charge < -0.3 is 15.8 Å². The van der Waals surface area contributed by atoms with Crippen LogP contribution in [0, 0.1) is 0 Å². The van der Waals surface area contributed by atoms with Crippen molar-refractivity contribution in [1.82, 2.24) is 0 Å². The molecule has 2 aromatic rings. The Bertz CT molecular complexity index is 733. The van der Waals surface area contributed by atoms with E-state index in [9.17, 15) is 9.59 Å². The molecule has 0 fully saturated rings. The first-order valence-corrected chi connectivity index (χ1v) is 7.45. The van der Waals surface area contributed by atoms with Gasteiger partial charge in [-0.25, -0.2) is 4.79 Å². The Hall–Kier alpha value is -2.24. The zero-order valence-corrected chi connectivity index (χ0v) is 13.7. The summed E-state index contributed by atoms with van der Waals surface area (Å²) in [4.78, 5) is 24.0. The molecule has 1 unspecified atom stereocenters. The van der Waals surface area contributed by atoms with Crippen LogP contribution in [-0.4, -0.2) is 18.0 Å². The number of rotatable bonds is 4. The van der Waals surface area contributed by atoms with Crippen molar-refractivity contribution in [3.8, 4) is 0 Å². The van der Waals surface area contributed by atoms with E-state index in [0.29, 0.717) is 22.0 Å². The van der Waals surface area contributed by atoms with Crippen molar-refractivity contribution in [2.75, 3.05) is 11.1 Å². The molecule has 0 aliphatic rings. The molecule has 2 aromatic carbocycles. The Morgan fingerprint density at radius 3 is 2.43 bits per heavy atom. The summed E-state index contributed by atoms with van der Waals surface area (Å²) in [6.45, 7) is 1.46.